The van der Waals surface area contributed by atoms with Gasteiger partial charge in [-0.25, -0.2) is 8.42 Å². The number of thiophene rings is 1. The van der Waals surface area contributed by atoms with Crippen molar-refractivity contribution in [2.45, 2.75) is 24.2 Å². The van der Waals surface area contributed by atoms with Gasteiger partial charge in [-0.15, -0.1) is 11.3 Å². The molecular formula is C21H20N2O3S2. The molecule has 28 heavy (non-hydrogen) atoms. The summed E-state index contributed by atoms with van der Waals surface area (Å²) in [6.07, 6.45) is 3.26. The van der Waals surface area contributed by atoms with Gasteiger partial charge in [0, 0.05) is 12.7 Å². The van der Waals surface area contributed by atoms with Crippen molar-refractivity contribution in [2.75, 3.05) is 16.7 Å². The molecule has 2 aromatic carbocycles. The Morgan fingerprint density at radius 1 is 1.04 bits per heavy atom. The average molecular weight is 413 g/mol. The number of carbonyl (C=O) groups is 1. The number of nitrogens with zero attached hydrogens (tertiary/aromatic N) is 1. The number of rotatable bonds is 5. The van der Waals surface area contributed by atoms with Crippen LogP contribution in [0.3, 0.4) is 0 Å². The van der Waals surface area contributed by atoms with Crippen LogP contribution in [0.15, 0.2) is 64.9 Å². The second-order valence-corrected chi connectivity index (χ2v) is 9.60. The minimum absolute atomic E-state index is 0.189. The minimum atomic E-state index is -3.74. The van der Waals surface area contributed by atoms with Gasteiger partial charge in [-0.1, -0.05) is 24.3 Å². The number of hydrogen-bond donors (Lipinski definition) is 1. The van der Waals surface area contributed by atoms with Gasteiger partial charge in [-0.2, -0.15) is 0 Å². The summed E-state index contributed by atoms with van der Waals surface area (Å²) in [6, 6.07) is 15.8. The van der Waals surface area contributed by atoms with Crippen molar-refractivity contribution in [3.63, 3.8) is 0 Å². The Hall–Kier alpha value is -2.64. The van der Waals surface area contributed by atoms with Crippen LogP contribution in [0.4, 0.5) is 11.4 Å². The third-order valence-corrected chi connectivity index (χ3v) is 7.64. The van der Waals surface area contributed by atoms with E-state index in [1.54, 1.807) is 41.8 Å². The molecule has 4 rings (SSSR count). The normalized spacial score (nSPS) is 13.2. The van der Waals surface area contributed by atoms with Crippen LogP contribution in [0.25, 0.3) is 0 Å². The Morgan fingerprint density at radius 2 is 1.79 bits per heavy atom. The van der Waals surface area contributed by atoms with Crippen LogP contribution in [0, 0.1) is 0 Å². The summed E-state index contributed by atoms with van der Waals surface area (Å²) in [4.78, 5) is 13.4. The fourth-order valence-electron chi connectivity index (χ4n) is 3.44. The molecule has 0 spiro atoms. The Kier molecular flexibility index (Phi) is 4.95. The van der Waals surface area contributed by atoms with Crippen molar-refractivity contribution < 1.29 is 13.2 Å². The standard InChI is InChI=1S/C21H20N2O3S2/c1-23(28(25,26)18-8-3-2-4-9-18)19-12-13-27-20(19)21(24)22-17-11-10-15-6-5-7-16(15)14-17/h2-4,8-14H,5-7H2,1H3,(H,22,24). The first-order valence-electron chi connectivity index (χ1n) is 9.01. The molecule has 0 aliphatic heterocycles. The number of amides is 1. The molecule has 1 aliphatic rings. The van der Waals surface area contributed by atoms with Gasteiger partial charge >= 0.3 is 0 Å². The Labute approximate surface area is 168 Å². The van der Waals surface area contributed by atoms with Gasteiger partial charge in [0.2, 0.25) is 0 Å². The SMILES string of the molecule is CN(c1ccsc1C(=O)Nc1ccc2c(c1)CCC2)S(=O)(=O)c1ccccc1. The highest BCUT2D eigenvalue weighted by atomic mass is 32.2. The quantitative estimate of drug-likeness (QED) is 0.679. The highest BCUT2D eigenvalue weighted by Gasteiger charge is 2.26. The van der Waals surface area contributed by atoms with E-state index in [-0.39, 0.29) is 10.8 Å². The van der Waals surface area contributed by atoms with Crippen LogP contribution < -0.4 is 9.62 Å². The first-order chi connectivity index (χ1) is 13.5. The van der Waals surface area contributed by atoms with Gasteiger partial charge in [-0.05, 0) is 66.1 Å². The monoisotopic (exact) mass is 412 g/mol. The Balaban J connectivity index is 1.59. The van der Waals surface area contributed by atoms with Crippen molar-refractivity contribution in [1.29, 1.82) is 0 Å². The van der Waals surface area contributed by atoms with E-state index >= 15 is 0 Å². The molecule has 5 nitrogen and oxygen atoms in total. The minimum Gasteiger partial charge on any atom is -0.321 e. The molecule has 1 amide bonds. The van der Waals surface area contributed by atoms with E-state index in [4.69, 9.17) is 0 Å². The number of anilines is 2. The number of carbonyl (C=O) groups excluding carboxylic acids is 1. The molecule has 0 atom stereocenters. The van der Waals surface area contributed by atoms with E-state index < -0.39 is 10.0 Å². The van der Waals surface area contributed by atoms with Gasteiger partial charge in [-0.3, -0.25) is 9.10 Å². The van der Waals surface area contributed by atoms with Crippen LogP contribution in [0.5, 0.6) is 0 Å². The van der Waals surface area contributed by atoms with Crippen molar-refractivity contribution in [2.24, 2.45) is 0 Å². The zero-order valence-electron chi connectivity index (χ0n) is 15.4. The summed E-state index contributed by atoms with van der Waals surface area (Å²) in [5.74, 6) is -0.307. The van der Waals surface area contributed by atoms with Crippen LogP contribution in [0.2, 0.25) is 0 Å². The molecule has 1 N–H and O–H groups in total. The number of nitrogens with one attached hydrogen (secondary N) is 1. The highest BCUT2D eigenvalue weighted by Crippen LogP contribution is 2.31. The zero-order valence-corrected chi connectivity index (χ0v) is 17.0. The molecule has 0 radical (unpaired) electrons. The van der Waals surface area contributed by atoms with E-state index in [0.717, 1.165) is 29.3 Å². The van der Waals surface area contributed by atoms with Crippen LogP contribution >= 0.6 is 11.3 Å². The molecule has 0 unspecified atom stereocenters. The average Bonchev–Trinajstić information content (AvgIpc) is 3.37. The van der Waals surface area contributed by atoms with Gasteiger partial charge in [0.25, 0.3) is 15.9 Å². The maximum absolute atomic E-state index is 12.9. The molecular weight excluding hydrogens is 392 g/mol. The van der Waals surface area contributed by atoms with Gasteiger partial charge in [0.1, 0.15) is 4.88 Å². The summed E-state index contributed by atoms with van der Waals surface area (Å²) in [7, 11) is -2.27. The maximum atomic E-state index is 12.9. The Bertz CT molecular complexity index is 1120. The smallest absolute Gasteiger partial charge is 0.267 e. The van der Waals surface area contributed by atoms with Crippen LogP contribution in [-0.4, -0.2) is 21.4 Å². The van der Waals surface area contributed by atoms with E-state index in [0.29, 0.717) is 10.6 Å². The predicted molar refractivity (Wildman–Crippen MR) is 113 cm³/mol. The summed E-state index contributed by atoms with van der Waals surface area (Å²) in [5, 5.41) is 4.64. The van der Waals surface area contributed by atoms with Gasteiger partial charge < -0.3 is 5.32 Å². The van der Waals surface area contributed by atoms with E-state index in [9.17, 15) is 13.2 Å². The Morgan fingerprint density at radius 3 is 2.57 bits per heavy atom. The number of aryl methyl sites for hydroxylation is 2. The van der Waals surface area contributed by atoms with Crippen molar-refractivity contribution in [3.8, 4) is 0 Å². The van der Waals surface area contributed by atoms with E-state index in [1.807, 2.05) is 12.1 Å². The first kappa shape index (κ1) is 18.7. The largest absolute Gasteiger partial charge is 0.321 e. The fourth-order valence-corrected chi connectivity index (χ4v) is 5.54. The number of hydrogen-bond acceptors (Lipinski definition) is 4. The summed E-state index contributed by atoms with van der Waals surface area (Å²) < 4.78 is 26.9. The van der Waals surface area contributed by atoms with E-state index in [2.05, 4.69) is 11.4 Å². The predicted octanol–water partition coefficient (Wildman–Crippen LogP) is 4.31. The summed E-state index contributed by atoms with van der Waals surface area (Å²) in [5.41, 5.74) is 3.71. The number of fused-ring (bicyclic) bond motifs is 1. The second kappa shape index (κ2) is 7.41. The van der Waals surface area contributed by atoms with Crippen LogP contribution in [-0.2, 0) is 22.9 Å². The lowest BCUT2D eigenvalue weighted by Crippen LogP contribution is -2.28. The third-order valence-electron chi connectivity index (χ3n) is 4.95. The molecule has 0 fully saturated rings. The molecule has 1 heterocycles. The topological polar surface area (TPSA) is 66.5 Å². The van der Waals surface area contributed by atoms with Gasteiger partial charge in [0.15, 0.2) is 0 Å². The molecule has 0 bridgehead atoms. The number of sulfonamides is 1. The summed E-state index contributed by atoms with van der Waals surface area (Å²) >= 11 is 1.22. The van der Waals surface area contributed by atoms with E-state index in [1.165, 1.54) is 29.5 Å². The fraction of sp³-hybridized carbons (Fsp3) is 0.190. The first-order valence-corrected chi connectivity index (χ1v) is 11.3. The third kappa shape index (κ3) is 3.43. The molecule has 7 heteroatoms. The van der Waals surface area contributed by atoms with Crippen LogP contribution in [0.1, 0.15) is 27.2 Å². The molecule has 1 aliphatic carbocycles. The lowest BCUT2D eigenvalue weighted by Gasteiger charge is -2.19. The highest BCUT2D eigenvalue weighted by molar-refractivity contribution is 7.92. The molecule has 3 aromatic rings. The maximum Gasteiger partial charge on any atom is 0.267 e. The lowest BCUT2D eigenvalue weighted by atomic mass is 10.1. The van der Waals surface area contributed by atoms with Crippen molar-refractivity contribution in [3.05, 3.63) is 76.0 Å². The molecule has 1 aromatic heterocycles. The summed E-state index contributed by atoms with van der Waals surface area (Å²) in [6.45, 7) is 0. The molecule has 0 saturated heterocycles. The van der Waals surface area contributed by atoms with Crippen molar-refractivity contribution >= 4 is 38.6 Å². The van der Waals surface area contributed by atoms with Gasteiger partial charge in [0.05, 0.1) is 10.6 Å². The zero-order chi connectivity index (χ0) is 19.7. The molecule has 0 saturated carbocycles. The molecule has 144 valence electrons. The lowest BCUT2D eigenvalue weighted by molar-refractivity contribution is 0.103. The second-order valence-electron chi connectivity index (χ2n) is 6.71. The van der Waals surface area contributed by atoms with Crippen molar-refractivity contribution in [1.82, 2.24) is 0 Å². The number of benzene rings is 2.